The minimum atomic E-state index is -5.06. The number of carbonyl (C=O) groups excluding carboxylic acids is 1. The van der Waals surface area contributed by atoms with Gasteiger partial charge in [-0.05, 0) is 59.8 Å². The molecule has 0 bridgehead atoms. The number of methoxy groups -OCH3 is 1. The molecule has 0 saturated carbocycles. The van der Waals surface area contributed by atoms with E-state index in [0.29, 0.717) is 36.0 Å². The number of anilines is 1. The number of thioether (sulfide) groups is 1. The molecule has 0 radical (unpaired) electrons. The Labute approximate surface area is 266 Å². The number of benzene rings is 3. The fourth-order valence-corrected chi connectivity index (χ4v) is 5.97. The number of para-hydroxylation sites is 1. The number of amidine groups is 1. The Bertz CT molecular complexity index is 1710. The lowest BCUT2D eigenvalue weighted by atomic mass is 10.0. The van der Waals surface area contributed by atoms with Crippen molar-refractivity contribution in [3.05, 3.63) is 93.4 Å². The lowest BCUT2D eigenvalue weighted by Gasteiger charge is -2.37. The highest BCUT2D eigenvalue weighted by Crippen LogP contribution is 2.40. The molecule has 2 aliphatic heterocycles. The van der Waals surface area contributed by atoms with Gasteiger partial charge in [-0.25, -0.2) is 0 Å². The molecule has 1 saturated heterocycles. The molecule has 5 rings (SSSR count). The lowest BCUT2D eigenvalue weighted by Crippen LogP contribution is -2.48. The molecule has 0 aromatic heterocycles. The molecule has 0 spiro atoms. The van der Waals surface area contributed by atoms with Crippen molar-refractivity contribution >= 4 is 34.6 Å². The summed E-state index contributed by atoms with van der Waals surface area (Å²) in [4.78, 5) is 20.5. The Morgan fingerprint density at radius 2 is 1.45 bits per heavy atom. The number of amides is 1. The number of piperazine rings is 1. The van der Waals surface area contributed by atoms with E-state index in [0.717, 1.165) is 17.8 Å². The van der Waals surface area contributed by atoms with Gasteiger partial charge in [0.1, 0.15) is 6.61 Å². The number of halogens is 9. The van der Waals surface area contributed by atoms with E-state index < -0.39 is 53.3 Å². The molecule has 2 aliphatic rings. The quantitative estimate of drug-likeness (QED) is 0.193. The van der Waals surface area contributed by atoms with E-state index in [2.05, 4.69) is 4.99 Å². The third kappa shape index (κ3) is 7.80. The zero-order valence-electron chi connectivity index (χ0n) is 24.3. The summed E-state index contributed by atoms with van der Waals surface area (Å²) < 4.78 is 131. The molecular weight excluding hydrogens is 665 g/mol. The fourth-order valence-electron chi connectivity index (χ4n) is 5.00. The van der Waals surface area contributed by atoms with Crippen LogP contribution in [0, 0.1) is 0 Å². The van der Waals surface area contributed by atoms with Crippen LogP contribution in [0.3, 0.4) is 0 Å². The summed E-state index contributed by atoms with van der Waals surface area (Å²) in [5.41, 5.74) is -3.61. The Kier molecular flexibility index (Phi) is 9.44. The molecule has 6 nitrogen and oxygen atoms in total. The minimum Gasteiger partial charge on any atom is -0.493 e. The van der Waals surface area contributed by atoms with E-state index in [1.807, 2.05) is 4.90 Å². The Morgan fingerprint density at radius 3 is 2.09 bits per heavy atom. The standard InChI is InChI=1S/C31H24F9N3O3S/c1-45-25-14-18(6-9-24(25)46-17-19-7-8-20(29(32,33)34)16-22(19)31(38,39)40)15-26-27(44)41-28(47-26)43-12-10-42(11-13-43)23-5-3-2-4-21(23)30(35,36)37/h2-9,14-16H,10-13,17H2,1H3. The normalized spacial score (nSPS) is 16.9. The summed E-state index contributed by atoms with van der Waals surface area (Å²) in [6, 6.07) is 11.0. The van der Waals surface area contributed by atoms with Crippen LogP contribution in [-0.4, -0.2) is 49.3 Å². The molecule has 3 aromatic carbocycles. The molecule has 0 unspecified atom stereocenters. The summed E-state index contributed by atoms with van der Waals surface area (Å²) in [5.74, 6) is -0.433. The summed E-state index contributed by atoms with van der Waals surface area (Å²) in [7, 11) is 1.28. The van der Waals surface area contributed by atoms with Crippen molar-refractivity contribution in [3.63, 3.8) is 0 Å². The molecule has 1 amide bonds. The van der Waals surface area contributed by atoms with Crippen LogP contribution in [0.1, 0.15) is 27.8 Å². The van der Waals surface area contributed by atoms with Gasteiger partial charge in [-0.3, -0.25) is 4.79 Å². The van der Waals surface area contributed by atoms with Gasteiger partial charge < -0.3 is 19.3 Å². The lowest BCUT2D eigenvalue weighted by molar-refractivity contribution is -0.143. The average Bonchev–Trinajstić information content (AvgIpc) is 3.38. The van der Waals surface area contributed by atoms with Gasteiger partial charge >= 0.3 is 18.5 Å². The number of hydrogen-bond donors (Lipinski definition) is 0. The van der Waals surface area contributed by atoms with Crippen LogP contribution in [0.5, 0.6) is 11.5 Å². The van der Waals surface area contributed by atoms with E-state index in [1.165, 1.54) is 43.5 Å². The van der Waals surface area contributed by atoms with Gasteiger partial charge in [0.15, 0.2) is 16.7 Å². The highest BCUT2D eigenvalue weighted by molar-refractivity contribution is 8.18. The van der Waals surface area contributed by atoms with E-state index in [-0.39, 0.29) is 41.2 Å². The second-order valence-electron chi connectivity index (χ2n) is 10.4. The van der Waals surface area contributed by atoms with E-state index in [1.54, 1.807) is 11.0 Å². The molecular formula is C31H24F9N3O3S. The SMILES string of the molecule is COc1cc(C=C2SC(N3CCN(c4ccccc4C(F)(F)F)CC3)=NC2=O)ccc1OCc1ccc(C(F)(F)F)cc1C(F)(F)F. The molecule has 47 heavy (non-hydrogen) atoms. The molecule has 250 valence electrons. The van der Waals surface area contributed by atoms with Gasteiger partial charge in [0, 0.05) is 37.4 Å². The Balaban J connectivity index is 1.24. The van der Waals surface area contributed by atoms with Crippen molar-refractivity contribution in [2.45, 2.75) is 25.1 Å². The van der Waals surface area contributed by atoms with Crippen LogP contribution >= 0.6 is 11.8 Å². The molecule has 0 aliphatic carbocycles. The number of ether oxygens (including phenoxy) is 2. The van der Waals surface area contributed by atoms with Crippen LogP contribution in [0.4, 0.5) is 45.2 Å². The fraction of sp³-hybridized carbons (Fsp3) is 0.290. The largest absolute Gasteiger partial charge is 0.493 e. The first-order valence-corrected chi connectivity index (χ1v) is 14.6. The van der Waals surface area contributed by atoms with E-state index >= 15 is 0 Å². The van der Waals surface area contributed by atoms with Crippen LogP contribution in [-0.2, 0) is 29.9 Å². The minimum absolute atomic E-state index is 0.00924. The Hall–Kier alpha value is -4.34. The second-order valence-corrected chi connectivity index (χ2v) is 11.4. The maximum atomic E-state index is 13.5. The van der Waals surface area contributed by atoms with Crippen LogP contribution < -0.4 is 14.4 Å². The first-order valence-electron chi connectivity index (χ1n) is 13.8. The van der Waals surface area contributed by atoms with Crippen molar-refractivity contribution in [1.29, 1.82) is 0 Å². The smallest absolute Gasteiger partial charge is 0.418 e. The first-order chi connectivity index (χ1) is 22.0. The zero-order valence-corrected chi connectivity index (χ0v) is 25.1. The predicted octanol–water partition coefficient (Wildman–Crippen LogP) is 8.12. The predicted molar refractivity (Wildman–Crippen MR) is 157 cm³/mol. The number of rotatable bonds is 6. The average molecular weight is 690 g/mol. The summed E-state index contributed by atoms with van der Waals surface area (Å²) >= 11 is 1.09. The summed E-state index contributed by atoms with van der Waals surface area (Å²) in [5, 5.41) is 0.397. The van der Waals surface area contributed by atoms with Crippen molar-refractivity contribution in [2.75, 3.05) is 38.2 Å². The number of carbonyl (C=O) groups is 1. The van der Waals surface area contributed by atoms with Crippen LogP contribution in [0.2, 0.25) is 0 Å². The van der Waals surface area contributed by atoms with Crippen molar-refractivity contribution in [1.82, 2.24) is 4.90 Å². The van der Waals surface area contributed by atoms with Gasteiger partial charge in [-0.2, -0.15) is 44.5 Å². The van der Waals surface area contributed by atoms with Gasteiger partial charge in [-0.15, -0.1) is 0 Å². The van der Waals surface area contributed by atoms with Crippen LogP contribution in [0.25, 0.3) is 6.08 Å². The van der Waals surface area contributed by atoms with Crippen molar-refractivity contribution < 1.29 is 53.8 Å². The van der Waals surface area contributed by atoms with E-state index in [9.17, 15) is 44.3 Å². The van der Waals surface area contributed by atoms with Gasteiger partial charge in [0.25, 0.3) is 5.91 Å². The molecule has 16 heteroatoms. The maximum absolute atomic E-state index is 13.5. The van der Waals surface area contributed by atoms with E-state index in [4.69, 9.17) is 9.47 Å². The third-order valence-electron chi connectivity index (χ3n) is 7.32. The third-order valence-corrected chi connectivity index (χ3v) is 8.37. The van der Waals surface area contributed by atoms with Gasteiger partial charge in [-0.1, -0.05) is 24.3 Å². The highest BCUT2D eigenvalue weighted by atomic mass is 32.2. The molecule has 2 heterocycles. The van der Waals surface area contributed by atoms with Crippen molar-refractivity contribution in [3.8, 4) is 11.5 Å². The van der Waals surface area contributed by atoms with Crippen LogP contribution in [0.15, 0.2) is 70.6 Å². The highest BCUT2D eigenvalue weighted by Gasteiger charge is 2.39. The molecule has 1 fully saturated rings. The topological polar surface area (TPSA) is 54.4 Å². The zero-order chi connectivity index (χ0) is 34.1. The maximum Gasteiger partial charge on any atom is 0.418 e. The number of nitrogens with zero attached hydrogens (tertiary/aromatic N) is 3. The molecule has 0 atom stereocenters. The van der Waals surface area contributed by atoms with Gasteiger partial charge in [0.05, 0.1) is 28.7 Å². The van der Waals surface area contributed by atoms with Gasteiger partial charge in [0.2, 0.25) is 0 Å². The molecule has 3 aromatic rings. The molecule has 0 N–H and O–H groups in total. The summed E-state index contributed by atoms with van der Waals surface area (Å²) in [6.45, 7) is 0.496. The number of hydrogen-bond acceptors (Lipinski definition) is 6. The monoisotopic (exact) mass is 689 g/mol. The number of alkyl halides is 9. The second kappa shape index (κ2) is 13.0. The van der Waals surface area contributed by atoms with Crippen molar-refractivity contribution in [2.24, 2.45) is 4.99 Å². The Morgan fingerprint density at radius 1 is 0.787 bits per heavy atom. The first kappa shape index (κ1) is 34.0. The number of aliphatic imine (C=N–C) groups is 1. The summed E-state index contributed by atoms with van der Waals surface area (Å²) in [6.07, 6.45) is -13.0.